The molecule has 0 aromatic heterocycles. The molecule has 0 spiro atoms. The van der Waals surface area contributed by atoms with Gasteiger partial charge in [-0.15, -0.1) is 0 Å². The van der Waals surface area contributed by atoms with Crippen LogP contribution in [0.1, 0.15) is 16.7 Å². The van der Waals surface area contributed by atoms with Crippen molar-refractivity contribution in [3.05, 3.63) is 77.4 Å². The fourth-order valence-corrected chi connectivity index (χ4v) is 2.88. The van der Waals surface area contributed by atoms with Crippen LogP contribution >= 0.6 is 0 Å². The number of aliphatic hydroxyl groups is 1. The number of methoxy groups -OCH3 is 1. The highest BCUT2D eigenvalue weighted by Crippen LogP contribution is 2.28. The first-order valence-electron chi connectivity index (χ1n) is 7.76. The van der Waals surface area contributed by atoms with Gasteiger partial charge >= 0.3 is 0 Å². The number of fused-ring (bicyclic) bond motifs is 1. The van der Waals surface area contributed by atoms with Crippen LogP contribution in [0, 0.1) is 0 Å². The number of ether oxygens (including phenoxy) is 1. The predicted octanol–water partition coefficient (Wildman–Crippen LogP) is 3.63. The zero-order valence-electron chi connectivity index (χ0n) is 13.3. The van der Waals surface area contributed by atoms with E-state index in [1.54, 1.807) is 7.11 Å². The molecule has 0 bridgehead atoms. The number of hydrogen-bond donors (Lipinski definition) is 2. The SMILES string of the molecule is COc1ccc(CNCc2ccccc2CO)c2ccccc12. The van der Waals surface area contributed by atoms with Crippen molar-refractivity contribution in [2.45, 2.75) is 19.7 Å². The fourth-order valence-electron chi connectivity index (χ4n) is 2.88. The standard InChI is InChI=1S/C20H21NO2/c1-23-20-11-10-16(18-8-4-5-9-19(18)20)13-21-12-15-6-2-3-7-17(15)14-22/h2-11,21-22H,12-14H2,1H3. The molecular weight excluding hydrogens is 286 g/mol. The van der Waals surface area contributed by atoms with E-state index in [2.05, 4.69) is 23.5 Å². The van der Waals surface area contributed by atoms with E-state index in [9.17, 15) is 5.11 Å². The van der Waals surface area contributed by atoms with Crippen LogP contribution in [0.3, 0.4) is 0 Å². The minimum Gasteiger partial charge on any atom is -0.496 e. The van der Waals surface area contributed by atoms with Crippen LogP contribution in [0.5, 0.6) is 5.75 Å². The Bertz CT molecular complexity index is 799. The Labute approximate surface area is 136 Å². The molecule has 3 aromatic carbocycles. The van der Waals surface area contributed by atoms with Crippen molar-refractivity contribution in [1.29, 1.82) is 0 Å². The largest absolute Gasteiger partial charge is 0.496 e. The summed E-state index contributed by atoms with van der Waals surface area (Å²) in [5, 5.41) is 15.2. The van der Waals surface area contributed by atoms with Crippen LogP contribution in [-0.4, -0.2) is 12.2 Å². The van der Waals surface area contributed by atoms with Crippen LogP contribution in [-0.2, 0) is 19.7 Å². The first-order chi connectivity index (χ1) is 11.3. The fraction of sp³-hybridized carbons (Fsp3) is 0.200. The third-order valence-electron chi connectivity index (χ3n) is 4.11. The third kappa shape index (κ3) is 3.36. The molecule has 0 heterocycles. The second-order valence-electron chi connectivity index (χ2n) is 5.50. The monoisotopic (exact) mass is 307 g/mol. The van der Waals surface area contributed by atoms with Gasteiger partial charge in [-0.3, -0.25) is 0 Å². The maximum absolute atomic E-state index is 9.39. The molecule has 0 radical (unpaired) electrons. The zero-order valence-corrected chi connectivity index (χ0v) is 13.3. The summed E-state index contributed by atoms with van der Waals surface area (Å²) >= 11 is 0. The summed E-state index contributed by atoms with van der Waals surface area (Å²) < 4.78 is 5.44. The highest BCUT2D eigenvalue weighted by molar-refractivity contribution is 5.91. The Morgan fingerprint density at radius 2 is 1.43 bits per heavy atom. The van der Waals surface area contributed by atoms with E-state index in [1.807, 2.05) is 42.5 Å². The van der Waals surface area contributed by atoms with E-state index in [1.165, 1.54) is 10.9 Å². The van der Waals surface area contributed by atoms with Gasteiger partial charge in [-0.25, -0.2) is 0 Å². The summed E-state index contributed by atoms with van der Waals surface area (Å²) in [5.41, 5.74) is 3.34. The molecule has 118 valence electrons. The number of rotatable bonds is 6. The molecule has 2 N–H and O–H groups in total. The van der Waals surface area contributed by atoms with Gasteiger partial charge in [-0.2, -0.15) is 0 Å². The van der Waals surface area contributed by atoms with E-state index in [0.29, 0.717) is 0 Å². The summed E-state index contributed by atoms with van der Waals surface area (Å²) in [6, 6.07) is 20.4. The topological polar surface area (TPSA) is 41.5 Å². The van der Waals surface area contributed by atoms with Crippen molar-refractivity contribution in [1.82, 2.24) is 5.32 Å². The third-order valence-corrected chi connectivity index (χ3v) is 4.11. The van der Waals surface area contributed by atoms with Crippen LogP contribution in [0.25, 0.3) is 10.8 Å². The molecule has 0 unspecified atom stereocenters. The summed E-state index contributed by atoms with van der Waals surface area (Å²) in [4.78, 5) is 0. The van der Waals surface area contributed by atoms with Crippen LogP contribution in [0.2, 0.25) is 0 Å². The van der Waals surface area contributed by atoms with Gasteiger partial charge in [-0.1, -0.05) is 54.6 Å². The molecule has 0 aliphatic rings. The molecular formula is C20H21NO2. The normalized spacial score (nSPS) is 10.9. The second kappa shape index (κ2) is 7.27. The summed E-state index contributed by atoms with van der Waals surface area (Å²) in [7, 11) is 1.70. The van der Waals surface area contributed by atoms with Gasteiger partial charge in [0.05, 0.1) is 13.7 Å². The minimum atomic E-state index is 0.0727. The van der Waals surface area contributed by atoms with Gasteiger partial charge < -0.3 is 15.2 Å². The van der Waals surface area contributed by atoms with E-state index in [-0.39, 0.29) is 6.61 Å². The lowest BCUT2D eigenvalue weighted by molar-refractivity contribution is 0.280. The Hall–Kier alpha value is -2.36. The summed E-state index contributed by atoms with van der Waals surface area (Å²) in [5.74, 6) is 0.898. The lowest BCUT2D eigenvalue weighted by atomic mass is 10.0. The molecule has 3 nitrogen and oxygen atoms in total. The molecule has 0 atom stereocenters. The van der Waals surface area contributed by atoms with Crippen molar-refractivity contribution >= 4 is 10.8 Å². The molecule has 0 aliphatic heterocycles. The van der Waals surface area contributed by atoms with Gasteiger partial charge in [0.1, 0.15) is 5.75 Å². The number of benzene rings is 3. The van der Waals surface area contributed by atoms with Gasteiger partial charge in [0.15, 0.2) is 0 Å². The Morgan fingerprint density at radius 1 is 0.783 bits per heavy atom. The van der Waals surface area contributed by atoms with Crippen molar-refractivity contribution in [2.24, 2.45) is 0 Å². The van der Waals surface area contributed by atoms with E-state index in [4.69, 9.17) is 4.74 Å². The molecule has 0 aliphatic carbocycles. The van der Waals surface area contributed by atoms with Gasteiger partial charge in [0.25, 0.3) is 0 Å². The second-order valence-corrected chi connectivity index (χ2v) is 5.50. The lowest BCUT2D eigenvalue weighted by Crippen LogP contribution is -2.14. The lowest BCUT2D eigenvalue weighted by Gasteiger charge is -2.12. The van der Waals surface area contributed by atoms with Gasteiger partial charge in [0, 0.05) is 18.5 Å². The van der Waals surface area contributed by atoms with E-state index >= 15 is 0 Å². The molecule has 0 saturated carbocycles. The van der Waals surface area contributed by atoms with Crippen molar-refractivity contribution in [2.75, 3.05) is 7.11 Å². The minimum absolute atomic E-state index is 0.0727. The number of nitrogens with one attached hydrogen (secondary N) is 1. The smallest absolute Gasteiger partial charge is 0.126 e. The Kier molecular flexibility index (Phi) is 4.91. The zero-order chi connectivity index (χ0) is 16.1. The average molecular weight is 307 g/mol. The highest BCUT2D eigenvalue weighted by Gasteiger charge is 2.06. The van der Waals surface area contributed by atoms with Crippen LogP contribution in [0.15, 0.2) is 60.7 Å². The summed E-state index contributed by atoms with van der Waals surface area (Å²) in [6.07, 6.45) is 0. The maximum Gasteiger partial charge on any atom is 0.126 e. The predicted molar refractivity (Wildman–Crippen MR) is 93.4 cm³/mol. The van der Waals surface area contributed by atoms with E-state index in [0.717, 1.165) is 35.4 Å². The first-order valence-corrected chi connectivity index (χ1v) is 7.76. The van der Waals surface area contributed by atoms with Crippen molar-refractivity contribution in [3.63, 3.8) is 0 Å². The maximum atomic E-state index is 9.39. The van der Waals surface area contributed by atoms with Crippen LogP contribution < -0.4 is 10.1 Å². The molecule has 3 heteroatoms. The van der Waals surface area contributed by atoms with Gasteiger partial charge in [-0.05, 0) is 28.1 Å². The average Bonchev–Trinajstić information content (AvgIpc) is 2.62. The molecule has 3 rings (SSSR count). The Balaban J connectivity index is 1.77. The quantitative estimate of drug-likeness (QED) is 0.730. The van der Waals surface area contributed by atoms with E-state index < -0.39 is 0 Å². The van der Waals surface area contributed by atoms with Gasteiger partial charge in [0.2, 0.25) is 0 Å². The number of hydrogen-bond acceptors (Lipinski definition) is 3. The number of aliphatic hydroxyl groups excluding tert-OH is 1. The molecule has 3 aromatic rings. The molecule has 0 fully saturated rings. The van der Waals surface area contributed by atoms with Crippen molar-refractivity contribution < 1.29 is 9.84 Å². The van der Waals surface area contributed by atoms with Crippen LogP contribution in [0.4, 0.5) is 0 Å². The summed E-state index contributed by atoms with van der Waals surface area (Å²) in [6.45, 7) is 1.57. The first kappa shape index (κ1) is 15.5. The van der Waals surface area contributed by atoms with Crippen molar-refractivity contribution in [3.8, 4) is 5.75 Å². The molecule has 23 heavy (non-hydrogen) atoms. The highest BCUT2D eigenvalue weighted by atomic mass is 16.5. The Morgan fingerprint density at radius 3 is 2.17 bits per heavy atom. The molecule has 0 amide bonds. The molecule has 0 saturated heterocycles.